The van der Waals surface area contributed by atoms with E-state index in [9.17, 15) is 4.79 Å². The molecule has 3 rings (SSSR count). The Balaban J connectivity index is 1.82. The van der Waals surface area contributed by atoms with Crippen LogP contribution in [0.1, 0.15) is 37.7 Å². The number of nitrogens with one attached hydrogen (secondary N) is 1. The number of rotatable bonds is 4. The lowest BCUT2D eigenvalue weighted by atomic mass is 9.87. The van der Waals surface area contributed by atoms with E-state index in [0.29, 0.717) is 18.4 Å². The fourth-order valence-corrected chi connectivity index (χ4v) is 3.16. The van der Waals surface area contributed by atoms with Gasteiger partial charge in [-0.3, -0.25) is 9.79 Å². The summed E-state index contributed by atoms with van der Waals surface area (Å²) in [5, 5.41) is 3.30. The monoisotopic (exact) mass is 301 g/mol. The second-order valence-electron chi connectivity index (χ2n) is 5.96. The summed E-state index contributed by atoms with van der Waals surface area (Å²) in [5.74, 6) is 1.53. The van der Waals surface area contributed by atoms with E-state index in [0.717, 1.165) is 37.4 Å². The van der Waals surface area contributed by atoms with Crippen molar-refractivity contribution in [3.63, 3.8) is 0 Å². The van der Waals surface area contributed by atoms with E-state index in [1.54, 1.807) is 11.2 Å². The third-order valence-corrected chi connectivity index (χ3v) is 4.52. The number of aliphatic imine (C=N–C) groups is 1. The molecule has 0 saturated carbocycles. The molecule has 0 saturated heterocycles. The maximum atomic E-state index is 11.9. The summed E-state index contributed by atoms with van der Waals surface area (Å²) in [6.45, 7) is 3.49. The molecule has 2 unspecified atom stereocenters. The molecule has 2 aliphatic heterocycles. The molecular formula is C17H23N3O2. The van der Waals surface area contributed by atoms with E-state index < -0.39 is 0 Å². The number of anilines is 1. The standard InChI is InChI=1S/C17H23N3O2/c1-3-17(21)20(2)14-4-5-16-15(9-14)12(6-7-22-16)8-13-10-18-11-19-13/h4-5,9,11-13H,3,6-8,10H2,1-2H3,(H,18,19). The van der Waals surface area contributed by atoms with Gasteiger partial charge in [-0.15, -0.1) is 0 Å². The first kappa shape index (κ1) is 14.9. The Kier molecular flexibility index (Phi) is 4.32. The zero-order valence-corrected chi connectivity index (χ0v) is 13.2. The fourth-order valence-electron chi connectivity index (χ4n) is 3.16. The summed E-state index contributed by atoms with van der Waals surface area (Å²) >= 11 is 0. The van der Waals surface area contributed by atoms with E-state index in [-0.39, 0.29) is 5.91 Å². The van der Waals surface area contributed by atoms with Gasteiger partial charge in [0, 0.05) is 25.2 Å². The van der Waals surface area contributed by atoms with Crippen LogP contribution in [0.4, 0.5) is 5.69 Å². The second-order valence-corrected chi connectivity index (χ2v) is 5.96. The molecule has 0 radical (unpaired) electrons. The minimum atomic E-state index is 0.124. The number of nitrogens with zero attached hydrogens (tertiary/aromatic N) is 2. The minimum Gasteiger partial charge on any atom is -0.493 e. The smallest absolute Gasteiger partial charge is 0.226 e. The zero-order valence-electron chi connectivity index (χ0n) is 13.2. The van der Waals surface area contributed by atoms with E-state index in [2.05, 4.69) is 16.4 Å². The average molecular weight is 301 g/mol. The van der Waals surface area contributed by atoms with Gasteiger partial charge in [0.1, 0.15) is 5.75 Å². The molecule has 5 heteroatoms. The highest BCUT2D eigenvalue weighted by atomic mass is 16.5. The summed E-state index contributed by atoms with van der Waals surface area (Å²) in [6.07, 6.45) is 4.37. The summed E-state index contributed by atoms with van der Waals surface area (Å²) in [7, 11) is 1.83. The Hall–Kier alpha value is -2.04. The van der Waals surface area contributed by atoms with Crippen molar-refractivity contribution in [3.8, 4) is 5.75 Å². The summed E-state index contributed by atoms with van der Waals surface area (Å²) in [5.41, 5.74) is 2.16. The van der Waals surface area contributed by atoms with Gasteiger partial charge in [-0.05, 0) is 42.5 Å². The normalized spacial score (nSPS) is 22.6. The van der Waals surface area contributed by atoms with Gasteiger partial charge in [0.05, 0.1) is 19.5 Å². The van der Waals surface area contributed by atoms with E-state index in [4.69, 9.17) is 4.74 Å². The lowest BCUT2D eigenvalue weighted by molar-refractivity contribution is -0.118. The van der Waals surface area contributed by atoms with Crippen LogP contribution in [0.5, 0.6) is 5.75 Å². The first-order valence-electron chi connectivity index (χ1n) is 7.96. The number of ether oxygens (including phenoxy) is 1. The van der Waals surface area contributed by atoms with Crippen molar-refractivity contribution in [2.75, 3.05) is 25.1 Å². The van der Waals surface area contributed by atoms with Crippen LogP contribution in [-0.4, -0.2) is 38.5 Å². The fraction of sp³-hybridized carbons (Fsp3) is 0.529. The second kappa shape index (κ2) is 6.38. The Morgan fingerprint density at radius 3 is 3.09 bits per heavy atom. The highest BCUT2D eigenvalue weighted by molar-refractivity contribution is 5.92. The van der Waals surface area contributed by atoms with Gasteiger partial charge in [-0.1, -0.05) is 6.92 Å². The van der Waals surface area contributed by atoms with E-state index in [1.807, 2.05) is 26.1 Å². The Morgan fingerprint density at radius 1 is 1.50 bits per heavy atom. The molecule has 1 aromatic rings. The number of benzene rings is 1. The third-order valence-electron chi connectivity index (χ3n) is 4.52. The zero-order chi connectivity index (χ0) is 15.5. The summed E-state index contributed by atoms with van der Waals surface area (Å²) < 4.78 is 5.78. The van der Waals surface area contributed by atoms with Crippen molar-refractivity contribution in [2.45, 2.75) is 38.1 Å². The number of amides is 1. The van der Waals surface area contributed by atoms with Gasteiger partial charge < -0.3 is 15.0 Å². The molecule has 2 heterocycles. The number of hydrogen-bond donors (Lipinski definition) is 1. The van der Waals surface area contributed by atoms with Gasteiger partial charge in [0.2, 0.25) is 5.91 Å². The molecule has 2 aliphatic rings. The van der Waals surface area contributed by atoms with Crippen LogP contribution in [0.25, 0.3) is 0 Å². The van der Waals surface area contributed by atoms with Gasteiger partial charge in [0.15, 0.2) is 0 Å². The van der Waals surface area contributed by atoms with Crippen molar-refractivity contribution in [1.29, 1.82) is 0 Å². The number of carbonyl (C=O) groups excluding carboxylic acids is 1. The molecule has 22 heavy (non-hydrogen) atoms. The first-order chi connectivity index (χ1) is 10.7. The Morgan fingerprint density at radius 2 is 2.36 bits per heavy atom. The molecule has 0 spiro atoms. The lowest BCUT2D eigenvalue weighted by Gasteiger charge is -2.29. The van der Waals surface area contributed by atoms with Crippen molar-refractivity contribution in [3.05, 3.63) is 23.8 Å². The largest absolute Gasteiger partial charge is 0.493 e. The third kappa shape index (κ3) is 2.93. The van der Waals surface area contributed by atoms with Gasteiger partial charge in [-0.25, -0.2) is 0 Å². The van der Waals surface area contributed by atoms with Crippen molar-refractivity contribution in [1.82, 2.24) is 5.32 Å². The Labute approximate surface area is 131 Å². The average Bonchev–Trinajstić information content (AvgIpc) is 3.06. The van der Waals surface area contributed by atoms with Crippen molar-refractivity contribution < 1.29 is 9.53 Å². The van der Waals surface area contributed by atoms with Crippen LogP contribution in [0.3, 0.4) is 0 Å². The molecule has 2 atom stereocenters. The van der Waals surface area contributed by atoms with Gasteiger partial charge in [0.25, 0.3) is 0 Å². The molecule has 1 N–H and O–H groups in total. The first-order valence-corrected chi connectivity index (χ1v) is 7.96. The predicted octanol–water partition coefficient (Wildman–Crippen LogP) is 2.32. The minimum absolute atomic E-state index is 0.124. The molecule has 0 fully saturated rings. The highest BCUT2D eigenvalue weighted by Gasteiger charge is 2.26. The molecular weight excluding hydrogens is 278 g/mol. The Bertz CT molecular complexity index is 577. The van der Waals surface area contributed by atoms with Crippen LogP contribution >= 0.6 is 0 Å². The summed E-state index contributed by atoms with van der Waals surface area (Å²) in [4.78, 5) is 17.9. The van der Waals surface area contributed by atoms with Crippen LogP contribution < -0.4 is 15.0 Å². The van der Waals surface area contributed by atoms with Crippen molar-refractivity contribution >= 4 is 17.9 Å². The lowest BCUT2D eigenvalue weighted by Crippen LogP contribution is -2.29. The van der Waals surface area contributed by atoms with E-state index >= 15 is 0 Å². The van der Waals surface area contributed by atoms with Crippen LogP contribution in [0.2, 0.25) is 0 Å². The summed E-state index contributed by atoms with van der Waals surface area (Å²) in [6, 6.07) is 6.48. The van der Waals surface area contributed by atoms with Gasteiger partial charge >= 0.3 is 0 Å². The molecule has 5 nitrogen and oxygen atoms in total. The predicted molar refractivity (Wildman–Crippen MR) is 87.9 cm³/mol. The van der Waals surface area contributed by atoms with Gasteiger partial charge in [-0.2, -0.15) is 0 Å². The number of hydrogen-bond acceptors (Lipinski definition) is 4. The van der Waals surface area contributed by atoms with Crippen LogP contribution in [0.15, 0.2) is 23.2 Å². The molecule has 1 aromatic carbocycles. The van der Waals surface area contributed by atoms with Crippen molar-refractivity contribution in [2.24, 2.45) is 4.99 Å². The molecule has 0 aliphatic carbocycles. The number of carbonyl (C=O) groups is 1. The number of fused-ring (bicyclic) bond motifs is 1. The van der Waals surface area contributed by atoms with Crippen LogP contribution in [0, 0.1) is 0 Å². The molecule has 0 aromatic heterocycles. The topological polar surface area (TPSA) is 53.9 Å². The maximum Gasteiger partial charge on any atom is 0.226 e. The highest BCUT2D eigenvalue weighted by Crippen LogP contribution is 2.38. The maximum absolute atomic E-state index is 11.9. The molecule has 118 valence electrons. The molecule has 1 amide bonds. The quantitative estimate of drug-likeness (QED) is 0.928. The SMILES string of the molecule is CCC(=O)N(C)c1ccc2c(c1)C(CC1CN=CN1)CCO2. The molecule has 0 bridgehead atoms. The van der Waals surface area contributed by atoms with E-state index in [1.165, 1.54) is 5.56 Å². The van der Waals surface area contributed by atoms with Crippen LogP contribution in [-0.2, 0) is 4.79 Å².